The molecule has 1 aliphatic heterocycles. The predicted octanol–water partition coefficient (Wildman–Crippen LogP) is -2.44. The van der Waals surface area contributed by atoms with Crippen molar-refractivity contribution < 1.29 is 25.2 Å². The van der Waals surface area contributed by atoms with Gasteiger partial charge in [0, 0.05) is 6.54 Å². The molecule has 0 bridgehead atoms. The van der Waals surface area contributed by atoms with Crippen LogP contribution in [-0.2, 0) is 4.74 Å². The first kappa shape index (κ1) is 12.6. The molecule has 15 heavy (non-hydrogen) atoms. The van der Waals surface area contributed by atoms with Crippen LogP contribution in [0.25, 0.3) is 0 Å². The molecule has 1 rings (SSSR count). The van der Waals surface area contributed by atoms with Crippen LogP contribution >= 0.6 is 0 Å². The molecule has 0 aromatic rings. The van der Waals surface area contributed by atoms with Gasteiger partial charge in [0.25, 0.3) is 0 Å². The topological polar surface area (TPSA) is 102 Å². The van der Waals surface area contributed by atoms with Gasteiger partial charge in [-0.05, 0) is 0 Å². The first-order valence-corrected chi connectivity index (χ1v) is 4.76. The van der Waals surface area contributed by atoms with Crippen LogP contribution in [0.5, 0.6) is 0 Å². The average Bonchev–Trinajstić information content (AvgIpc) is 2.25. The lowest BCUT2D eigenvalue weighted by atomic mass is 9.98. The summed E-state index contributed by atoms with van der Waals surface area (Å²) in [6.07, 6.45) is -4.00. The van der Waals surface area contributed by atoms with E-state index in [9.17, 15) is 15.3 Å². The number of aliphatic hydroxyl groups is 4. The van der Waals surface area contributed by atoms with Gasteiger partial charge in [0.15, 0.2) is 0 Å². The van der Waals surface area contributed by atoms with Crippen molar-refractivity contribution in [2.45, 2.75) is 30.6 Å². The van der Waals surface area contributed by atoms with E-state index in [1.807, 2.05) is 0 Å². The van der Waals surface area contributed by atoms with Crippen LogP contribution in [0.1, 0.15) is 0 Å². The van der Waals surface area contributed by atoms with Gasteiger partial charge in [0.1, 0.15) is 30.6 Å². The number of rotatable bonds is 4. The van der Waals surface area contributed by atoms with Crippen LogP contribution in [0.4, 0.5) is 0 Å². The Morgan fingerprint density at radius 2 is 1.87 bits per heavy atom. The van der Waals surface area contributed by atoms with E-state index < -0.39 is 37.3 Å². The van der Waals surface area contributed by atoms with Crippen molar-refractivity contribution in [3.63, 3.8) is 0 Å². The first-order chi connectivity index (χ1) is 7.11. The Balaban J connectivity index is 2.60. The third-order valence-corrected chi connectivity index (χ3v) is 2.36. The van der Waals surface area contributed by atoms with Crippen LogP contribution in [0.2, 0.25) is 0 Å². The zero-order valence-corrected chi connectivity index (χ0v) is 8.28. The molecule has 5 atom stereocenters. The van der Waals surface area contributed by atoms with E-state index in [0.29, 0.717) is 6.54 Å². The van der Waals surface area contributed by atoms with Gasteiger partial charge in [0.2, 0.25) is 0 Å². The molecule has 5 N–H and O–H groups in total. The van der Waals surface area contributed by atoms with Crippen molar-refractivity contribution in [1.29, 1.82) is 0 Å². The largest absolute Gasteiger partial charge is 0.394 e. The average molecular weight is 219 g/mol. The Kier molecular flexibility index (Phi) is 4.65. The quantitative estimate of drug-likeness (QED) is 0.337. The van der Waals surface area contributed by atoms with Crippen molar-refractivity contribution in [1.82, 2.24) is 5.32 Å². The fourth-order valence-corrected chi connectivity index (χ4v) is 1.47. The molecule has 0 aromatic carbocycles. The van der Waals surface area contributed by atoms with E-state index in [4.69, 9.17) is 9.84 Å². The predicted molar refractivity (Wildman–Crippen MR) is 52.0 cm³/mol. The summed E-state index contributed by atoms with van der Waals surface area (Å²) in [5.74, 6) is 0. The Labute approximate surface area is 87.8 Å². The van der Waals surface area contributed by atoms with Gasteiger partial charge in [-0.25, -0.2) is 0 Å². The minimum Gasteiger partial charge on any atom is -0.394 e. The molecule has 0 aliphatic carbocycles. The number of hydrogen-bond acceptors (Lipinski definition) is 6. The van der Waals surface area contributed by atoms with Gasteiger partial charge in [-0.2, -0.15) is 0 Å². The third-order valence-electron chi connectivity index (χ3n) is 2.36. The van der Waals surface area contributed by atoms with Crippen LogP contribution in [-0.4, -0.2) is 64.2 Å². The number of aliphatic hydroxyl groups excluding tert-OH is 4. The van der Waals surface area contributed by atoms with Crippen molar-refractivity contribution >= 4 is 0 Å². The Bertz CT molecular complexity index is 211. The maximum atomic E-state index is 9.53. The highest BCUT2D eigenvalue weighted by molar-refractivity contribution is 4.91. The van der Waals surface area contributed by atoms with E-state index in [1.165, 1.54) is 0 Å². The summed E-state index contributed by atoms with van der Waals surface area (Å²) in [5, 5.41) is 40.0. The van der Waals surface area contributed by atoms with Crippen molar-refractivity contribution in [3.8, 4) is 0 Å². The molecule has 0 radical (unpaired) electrons. The molecule has 0 amide bonds. The lowest BCUT2D eigenvalue weighted by Crippen LogP contribution is -2.62. The molecule has 6 heteroatoms. The lowest BCUT2D eigenvalue weighted by Gasteiger charge is -2.40. The molecular formula is C9H17NO5. The molecule has 1 fully saturated rings. The van der Waals surface area contributed by atoms with E-state index in [2.05, 4.69) is 11.9 Å². The molecule has 0 aromatic heterocycles. The SMILES string of the molecule is C=CCNC1O[C@H](CO)[C@@H](O)[C@H](O)[C@@H]1O. The molecule has 6 nitrogen and oxygen atoms in total. The van der Waals surface area contributed by atoms with Gasteiger partial charge in [-0.15, -0.1) is 6.58 Å². The molecule has 1 unspecified atom stereocenters. The summed E-state index contributed by atoms with van der Waals surface area (Å²) >= 11 is 0. The molecule has 1 heterocycles. The van der Waals surface area contributed by atoms with Gasteiger partial charge >= 0.3 is 0 Å². The zero-order valence-electron chi connectivity index (χ0n) is 8.28. The number of hydrogen-bond donors (Lipinski definition) is 5. The second-order valence-electron chi connectivity index (χ2n) is 3.45. The number of ether oxygens (including phenoxy) is 1. The van der Waals surface area contributed by atoms with Gasteiger partial charge in [0.05, 0.1) is 6.61 Å². The second-order valence-corrected chi connectivity index (χ2v) is 3.45. The normalized spacial score (nSPS) is 41.5. The summed E-state index contributed by atoms with van der Waals surface area (Å²) < 4.78 is 5.16. The Morgan fingerprint density at radius 3 is 2.40 bits per heavy atom. The van der Waals surface area contributed by atoms with Crippen LogP contribution in [0.3, 0.4) is 0 Å². The summed E-state index contributed by atoms with van der Waals surface area (Å²) in [6, 6.07) is 0. The summed E-state index contributed by atoms with van der Waals surface area (Å²) in [5.41, 5.74) is 0. The molecule has 88 valence electrons. The van der Waals surface area contributed by atoms with Gasteiger partial charge in [-0.1, -0.05) is 6.08 Å². The van der Waals surface area contributed by atoms with Crippen molar-refractivity contribution in [2.24, 2.45) is 0 Å². The molecule has 0 spiro atoms. The lowest BCUT2D eigenvalue weighted by molar-refractivity contribution is -0.235. The molecule has 1 saturated heterocycles. The first-order valence-electron chi connectivity index (χ1n) is 4.76. The fraction of sp³-hybridized carbons (Fsp3) is 0.778. The third kappa shape index (κ3) is 2.75. The molecule has 1 aliphatic rings. The fourth-order valence-electron chi connectivity index (χ4n) is 1.47. The van der Waals surface area contributed by atoms with Crippen molar-refractivity contribution in [3.05, 3.63) is 12.7 Å². The van der Waals surface area contributed by atoms with Crippen LogP contribution in [0, 0.1) is 0 Å². The van der Waals surface area contributed by atoms with E-state index >= 15 is 0 Å². The van der Waals surface area contributed by atoms with E-state index in [-0.39, 0.29) is 0 Å². The highest BCUT2D eigenvalue weighted by atomic mass is 16.6. The highest BCUT2D eigenvalue weighted by Crippen LogP contribution is 2.19. The van der Waals surface area contributed by atoms with Crippen molar-refractivity contribution in [2.75, 3.05) is 13.2 Å². The zero-order chi connectivity index (χ0) is 11.4. The summed E-state index contributed by atoms with van der Waals surface area (Å²) in [6.45, 7) is 3.45. The maximum absolute atomic E-state index is 9.53. The smallest absolute Gasteiger partial charge is 0.137 e. The maximum Gasteiger partial charge on any atom is 0.137 e. The summed E-state index contributed by atoms with van der Waals surface area (Å²) in [7, 11) is 0. The molecular weight excluding hydrogens is 202 g/mol. The van der Waals surface area contributed by atoms with E-state index in [1.54, 1.807) is 6.08 Å². The van der Waals surface area contributed by atoms with Gasteiger partial charge in [-0.3, -0.25) is 5.32 Å². The summed E-state index contributed by atoms with van der Waals surface area (Å²) in [4.78, 5) is 0. The van der Waals surface area contributed by atoms with E-state index in [0.717, 1.165) is 0 Å². The molecule has 0 saturated carbocycles. The van der Waals surface area contributed by atoms with Crippen LogP contribution < -0.4 is 5.32 Å². The number of nitrogens with one attached hydrogen (secondary N) is 1. The minimum atomic E-state index is -1.33. The standard InChI is InChI=1S/C9H17NO5/c1-2-3-10-9-8(14)7(13)6(12)5(4-11)15-9/h2,5-14H,1,3-4H2/t5-,6-,7+,8+,9?/m1/s1. The Hall–Kier alpha value is -0.500. The monoisotopic (exact) mass is 219 g/mol. The minimum absolute atomic E-state index is 0.392. The highest BCUT2D eigenvalue weighted by Gasteiger charge is 2.42. The second kappa shape index (κ2) is 5.55. The van der Waals surface area contributed by atoms with Gasteiger partial charge < -0.3 is 25.2 Å². The van der Waals surface area contributed by atoms with Crippen LogP contribution in [0.15, 0.2) is 12.7 Å². The Morgan fingerprint density at radius 1 is 1.20 bits per heavy atom.